The van der Waals surface area contributed by atoms with E-state index in [1.54, 1.807) is 43.3 Å². The summed E-state index contributed by atoms with van der Waals surface area (Å²) in [6, 6.07) is 15.6. The average Bonchev–Trinajstić information content (AvgIpc) is 2.81. The average molecular weight is 471 g/mol. The highest BCUT2D eigenvalue weighted by molar-refractivity contribution is 5.89. The summed E-state index contributed by atoms with van der Waals surface area (Å²) >= 11 is 0. The van der Waals surface area contributed by atoms with E-state index >= 15 is 0 Å². The van der Waals surface area contributed by atoms with Crippen LogP contribution >= 0.6 is 0 Å². The fourth-order valence-electron chi connectivity index (χ4n) is 3.27. The molecule has 0 aliphatic heterocycles. The predicted molar refractivity (Wildman–Crippen MR) is 124 cm³/mol. The zero-order valence-corrected chi connectivity index (χ0v) is 19.2. The lowest BCUT2D eigenvalue weighted by Gasteiger charge is -2.24. The number of rotatable bonds is 12. The van der Waals surface area contributed by atoms with Gasteiger partial charge in [0.25, 0.3) is 0 Å². The first kappa shape index (κ1) is 26.4. The minimum atomic E-state index is -1.35. The number of carbonyl (C=O) groups excluding carboxylic acids is 3. The molecule has 0 spiro atoms. The van der Waals surface area contributed by atoms with Crippen molar-refractivity contribution < 1.29 is 33.8 Å². The first-order chi connectivity index (χ1) is 16.3. The number of aliphatic carboxylic acids is 1. The summed E-state index contributed by atoms with van der Waals surface area (Å²) in [5.74, 6) is -3.29. The molecule has 34 heavy (non-hydrogen) atoms. The summed E-state index contributed by atoms with van der Waals surface area (Å²) in [6.45, 7) is 3.37. The fraction of sp³-hybridized carbons (Fsp3) is 0.360. The van der Waals surface area contributed by atoms with E-state index < -0.39 is 41.9 Å². The molecule has 0 saturated carbocycles. The number of esters is 1. The Morgan fingerprint density at radius 2 is 1.47 bits per heavy atom. The van der Waals surface area contributed by atoms with E-state index in [1.807, 2.05) is 24.3 Å². The smallest absolute Gasteiger partial charge is 0.408 e. The second kappa shape index (κ2) is 13.6. The van der Waals surface area contributed by atoms with Crippen molar-refractivity contribution >= 4 is 23.9 Å². The molecular formula is C25H30N2O7. The van der Waals surface area contributed by atoms with Crippen LogP contribution in [0.25, 0.3) is 0 Å². The maximum absolute atomic E-state index is 13.0. The molecule has 2 rings (SSSR count). The summed E-state index contributed by atoms with van der Waals surface area (Å²) < 4.78 is 10.1. The van der Waals surface area contributed by atoms with Gasteiger partial charge in [-0.05, 0) is 24.0 Å². The van der Waals surface area contributed by atoms with E-state index in [-0.39, 0.29) is 26.1 Å². The molecule has 9 nitrogen and oxygen atoms in total. The van der Waals surface area contributed by atoms with Crippen molar-refractivity contribution in [2.24, 2.45) is 5.92 Å². The standard InChI is InChI=1S/C25H30N2O7/c1-3-33-21(28)14-17(2)22(24(30)31)27-23(29)20(15-18-10-6-4-7-11-18)26-25(32)34-16-19-12-8-5-9-13-19/h4-13,17,20,22H,3,14-16H2,1-2H3,(H,26,32)(H,27,29)(H,30,31)/t17-,20+,22-/m1/s1. The molecule has 0 aliphatic carbocycles. The number of hydrogen-bond donors (Lipinski definition) is 3. The second-order valence-corrected chi connectivity index (χ2v) is 7.76. The molecule has 0 radical (unpaired) electrons. The fourth-order valence-corrected chi connectivity index (χ4v) is 3.27. The number of carbonyl (C=O) groups is 4. The lowest BCUT2D eigenvalue weighted by Crippen LogP contribution is -2.54. The van der Waals surface area contributed by atoms with Crippen molar-refractivity contribution in [3.8, 4) is 0 Å². The number of ether oxygens (including phenoxy) is 2. The van der Waals surface area contributed by atoms with Gasteiger partial charge in [-0.15, -0.1) is 0 Å². The van der Waals surface area contributed by atoms with Crippen molar-refractivity contribution in [3.05, 3.63) is 71.8 Å². The van der Waals surface area contributed by atoms with Gasteiger partial charge in [0.05, 0.1) is 13.0 Å². The normalized spacial score (nSPS) is 13.1. The van der Waals surface area contributed by atoms with Crippen LogP contribution in [0.2, 0.25) is 0 Å². The van der Waals surface area contributed by atoms with Crippen molar-refractivity contribution in [2.45, 2.75) is 45.4 Å². The van der Waals surface area contributed by atoms with Crippen molar-refractivity contribution in [1.29, 1.82) is 0 Å². The highest BCUT2D eigenvalue weighted by Crippen LogP contribution is 2.12. The molecule has 2 aromatic rings. The largest absolute Gasteiger partial charge is 0.480 e. The molecule has 0 aliphatic rings. The van der Waals surface area contributed by atoms with E-state index in [9.17, 15) is 24.3 Å². The van der Waals surface area contributed by atoms with Crippen molar-refractivity contribution in [3.63, 3.8) is 0 Å². The molecule has 182 valence electrons. The SMILES string of the molecule is CCOC(=O)C[C@@H](C)[C@@H](NC(=O)[C@H](Cc1ccccc1)NC(=O)OCc1ccccc1)C(=O)O. The summed E-state index contributed by atoms with van der Waals surface area (Å²) in [5, 5.41) is 14.6. The van der Waals surface area contributed by atoms with Crippen LogP contribution in [0, 0.1) is 5.92 Å². The maximum Gasteiger partial charge on any atom is 0.408 e. The third kappa shape index (κ3) is 8.93. The van der Waals surface area contributed by atoms with Gasteiger partial charge in [-0.3, -0.25) is 9.59 Å². The van der Waals surface area contributed by atoms with E-state index in [2.05, 4.69) is 10.6 Å². The minimum absolute atomic E-state index is 0.0146. The predicted octanol–water partition coefficient (Wildman–Crippen LogP) is 2.68. The molecule has 0 unspecified atom stereocenters. The topological polar surface area (TPSA) is 131 Å². The van der Waals surface area contributed by atoms with Crippen LogP contribution in [-0.2, 0) is 36.9 Å². The molecule has 2 aromatic carbocycles. The molecule has 0 heterocycles. The first-order valence-electron chi connectivity index (χ1n) is 11.0. The zero-order valence-electron chi connectivity index (χ0n) is 19.2. The van der Waals surface area contributed by atoms with Crippen LogP contribution in [0.4, 0.5) is 4.79 Å². The number of nitrogens with one attached hydrogen (secondary N) is 2. The van der Waals surface area contributed by atoms with Gasteiger partial charge < -0.3 is 25.2 Å². The molecule has 3 N–H and O–H groups in total. The highest BCUT2D eigenvalue weighted by atomic mass is 16.5. The van der Waals surface area contributed by atoms with E-state index in [0.29, 0.717) is 0 Å². The van der Waals surface area contributed by atoms with Gasteiger partial charge >= 0.3 is 18.0 Å². The summed E-state index contributed by atoms with van der Waals surface area (Å²) in [5.41, 5.74) is 1.54. The number of carboxylic acids is 1. The van der Waals surface area contributed by atoms with Gasteiger partial charge in [0.15, 0.2) is 0 Å². The number of alkyl carbamates (subject to hydrolysis) is 1. The molecule has 2 amide bonds. The van der Waals surface area contributed by atoms with Gasteiger partial charge in [-0.1, -0.05) is 67.6 Å². The Kier molecular flexibility index (Phi) is 10.6. The number of carboxylic acid groups (broad SMARTS) is 1. The van der Waals surface area contributed by atoms with Crippen molar-refractivity contribution in [2.75, 3.05) is 6.61 Å². The monoisotopic (exact) mass is 470 g/mol. The van der Waals surface area contributed by atoms with Gasteiger partial charge in [-0.25, -0.2) is 9.59 Å². The van der Waals surface area contributed by atoms with Gasteiger partial charge in [-0.2, -0.15) is 0 Å². The molecule has 3 atom stereocenters. The Labute approximate surface area is 198 Å². The molecule has 0 saturated heterocycles. The zero-order chi connectivity index (χ0) is 24.9. The molecular weight excluding hydrogens is 440 g/mol. The van der Waals surface area contributed by atoms with E-state index in [0.717, 1.165) is 11.1 Å². The van der Waals surface area contributed by atoms with Gasteiger partial charge in [0.1, 0.15) is 18.7 Å². The third-order valence-corrected chi connectivity index (χ3v) is 5.03. The van der Waals surface area contributed by atoms with Crippen LogP contribution in [0.15, 0.2) is 60.7 Å². The molecule has 9 heteroatoms. The number of hydrogen-bond acceptors (Lipinski definition) is 6. The Morgan fingerprint density at radius 3 is 2.03 bits per heavy atom. The van der Waals surface area contributed by atoms with Gasteiger partial charge in [0.2, 0.25) is 5.91 Å². The number of benzene rings is 2. The minimum Gasteiger partial charge on any atom is -0.480 e. The Balaban J connectivity index is 2.09. The summed E-state index contributed by atoms with van der Waals surface area (Å²) in [7, 11) is 0. The summed E-state index contributed by atoms with van der Waals surface area (Å²) in [4.78, 5) is 49.0. The van der Waals surface area contributed by atoms with Crippen LogP contribution in [0.1, 0.15) is 31.4 Å². The van der Waals surface area contributed by atoms with Crippen LogP contribution in [-0.4, -0.2) is 47.7 Å². The Morgan fingerprint density at radius 1 is 0.882 bits per heavy atom. The molecule has 0 fully saturated rings. The highest BCUT2D eigenvalue weighted by Gasteiger charge is 2.32. The van der Waals surface area contributed by atoms with Crippen LogP contribution in [0.3, 0.4) is 0 Å². The Hall–Kier alpha value is -3.88. The lowest BCUT2D eigenvalue weighted by atomic mass is 9.97. The third-order valence-electron chi connectivity index (χ3n) is 5.03. The van der Waals surface area contributed by atoms with Crippen LogP contribution in [0.5, 0.6) is 0 Å². The lowest BCUT2D eigenvalue weighted by molar-refractivity contribution is -0.147. The molecule has 0 aromatic heterocycles. The summed E-state index contributed by atoms with van der Waals surface area (Å²) in [6.07, 6.45) is -0.876. The van der Waals surface area contributed by atoms with E-state index in [1.165, 1.54) is 6.92 Å². The number of amides is 2. The first-order valence-corrected chi connectivity index (χ1v) is 11.0. The second-order valence-electron chi connectivity index (χ2n) is 7.76. The Bertz CT molecular complexity index is 950. The quantitative estimate of drug-likeness (QED) is 0.407. The van der Waals surface area contributed by atoms with Crippen molar-refractivity contribution in [1.82, 2.24) is 10.6 Å². The van der Waals surface area contributed by atoms with Gasteiger partial charge in [0, 0.05) is 6.42 Å². The van der Waals surface area contributed by atoms with Crippen LogP contribution < -0.4 is 10.6 Å². The van der Waals surface area contributed by atoms with E-state index in [4.69, 9.17) is 9.47 Å². The maximum atomic E-state index is 13.0. The molecule has 0 bridgehead atoms.